The molecule has 0 saturated heterocycles. The summed E-state index contributed by atoms with van der Waals surface area (Å²) in [5.74, 6) is 0.454. The van der Waals surface area contributed by atoms with Crippen LogP contribution in [0.5, 0.6) is 0 Å². The molecule has 0 radical (unpaired) electrons. The van der Waals surface area contributed by atoms with Crippen molar-refractivity contribution in [3.8, 4) is 0 Å². The predicted molar refractivity (Wildman–Crippen MR) is 79.9 cm³/mol. The Hall–Kier alpha value is -1.57. The first-order valence-electron chi connectivity index (χ1n) is 7.17. The van der Waals surface area contributed by atoms with Gasteiger partial charge in [-0.05, 0) is 26.7 Å². The van der Waals surface area contributed by atoms with Crippen LogP contribution in [-0.2, 0) is 4.79 Å². The molecule has 3 N–H and O–H groups in total. The average molecular weight is 311 g/mol. The lowest BCUT2D eigenvalue weighted by Crippen LogP contribution is -2.39. The maximum absolute atomic E-state index is 11.8. The molecule has 8 heteroatoms. The molecule has 1 aromatic heterocycles. The molecule has 1 saturated carbocycles. The molecule has 0 aromatic carbocycles. The van der Waals surface area contributed by atoms with Gasteiger partial charge in [0.15, 0.2) is 5.16 Å². The number of nitrogens with two attached hydrogens (primary N) is 1. The van der Waals surface area contributed by atoms with Crippen LogP contribution >= 0.6 is 11.8 Å². The maximum atomic E-state index is 11.8. The van der Waals surface area contributed by atoms with Crippen LogP contribution in [0.1, 0.15) is 50.9 Å². The van der Waals surface area contributed by atoms with Gasteiger partial charge in [-0.1, -0.05) is 31.0 Å². The largest absolute Gasteiger partial charge is 0.351 e. The van der Waals surface area contributed by atoms with E-state index in [2.05, 4.69) is 20.1 Å². The Morgan fingerprint density at radius 2 is 2.00 bits per heavy atom. The number of primary amides is 1. The zero-order valence-electron chi connectivity index (χ0n) is 12.3. The van der Waals surface area contributed by atoms with Gasteiger partial charge in [0.1, 0.15) is 5.82 Å². The monoisotopic (exact) mass is 311 g/mol. The van der Waals surface area contributed by atoms with Gasteiger partial charge in [-0.3, -0.25) is 10.1 Å². The molecular formula is C13H21N5O2S. The van der Waals surface area contributed by atoms with Crippen molar-refractivity contribution in [3.63, 3.8) is 0 Å². The first-order chi connectivity index (χ1) is 9.99. The second-order valence-electron chi connectivity index (χ2n) is 5.31. The van der Waals surface area contributed by atoms with Crippen LogP contribution in [0.25, 0.3) is 0 Å². The number of aryl methyl sites for hydroxylation is 1. The van der Waals surface area contributed by atoms with Crippen molar-refractivity contribution in [1.82, 2.24) is 20.1 Å². The number of hydrogen-bond donors (Lipinski definition) is 2. The third kappa shape index (κ3) is 3.96. The van der Waals surface area contributed by atoms with E-state index < -0.39 is 17.2 Å². The quantitative estimate of drug-likeness (QED) is 0.825. The number of imide groups is 1. The van der Waals surface area contributed by atoms with Crippen LogP contribution in [0.15, 0.2) is 5.16 Å². The minimum Gasteiger partial charge on any atom is -0.351 e. The van der Waals surface area contributed by atoms with Gasteiger partial charge >= 0.3 is 6.03 Å². The second kappa shape index (κ2) is 6.93. The Morgan fingerprint density at radius 1 is 1.33 bits per heavy atom. The molecular weight excluding hydrogens is 290 g/mol. The highest BCUT2D eigenvalue weighted by molar-refractivity contribution is 8.00. The van der Waals surface area contributed by atoms with Crippen LogP contribution in [0, 0.1) is 6.92 Å². The normalized spacial score (nSPS) is 17.4. The Morgan fingerprint density at radius 3 is 2.62 bits per heavy atom. The van der Waals surface area contributed by atoms with Gasteiger partial charge in [0.2, 0.25) is 5.91 Å². The molecule has 2 rings (SSSR count). The summed E-state index contributed by atoms with van der Waals surface area (Å²) in [6.07, 6.45) is 5.94. The van der Waals surface area contributed by atoms with Crippen molar-refractivity contribution in [3.05, 3.63) is 5.82 Å². The van der Waals surface area contributed by atoms with E-state index in [4.69, 9.17) is 5.73 Å². The van der Waals surface area contributed by atoms with Crippen molar-refractivity contribution < 1.29 is 9.59 Å². The molecule has 1 aliphatic carbocycles. The topological polar surface area (TPSA) is 103 Å². The average Bonchev–Trinajstić information content (AvgIpc) is 2.80. The van der Waals surface area contributed by atoms with Crippen molar-refractivity contribution >= 4 is 23.7 Å². The number of carbonyl (C=O) groups excluding carboxylic acids is 2. The SMILES string of the molecule is Cc1nnc(S[C@@H](C)C(=O)NC(N)=O)n1C1CCCCC1. The summed E-state index contributed by atoms with van der Waals surface area (Å²) >= 11 is 1.30. The highest BCUT2D eigenvalue weighted by Gasteiger charge is 2.24. The van der Waals surface area contributed by atoms with Crippen LogP contribution in [0.2, 0.25) is 0 Å². The van der Waals surface area contributed by atoms with Crippen molar-refractivity contribution in [2.24, 2.45) is 5.73 Å². The van der Waals surface area contributed by atoms with Crippen LogP contribution < -0.4 is 11.1 Å². The van der Waals surface area contributed by atoms with Gasteiger partial charge in [-0.25, -0.2) is 4.79 Å². The predicted octanol–water partition coefficient (Wildman–Crippen LogP) is 1.77. The van der Waals surface area contributed by atoms with Gasteiger partial charge in [-0.2, -0.15) is 0 Å². The Balaban J connectivity index is 2.09. The molecule has 116 valence electrons. The molecule has 0 spiro atoms. The lowest BCUT2D eigenvalue weighted by atomic mass is 9.95. The van der Waals surface area contributed by atoms with Gasteiger partial charge in [0, 0.05) is 6.04 Å². The number of aromatic nitrogens is 3. The molecule has 0 aliphatic heterocycles. The second-order valence-corrected chi connectivity index (χ2v) is 6.61. The molecule has 3 amide bonds. The molecule has 1 heterocycles. The summed E-state index contributed by atoms with van der Waals surface area (Å²) in [5.41, 5.74) is 4.96. The van der Waals surface area contributed by atoms with Gasteiger partial charge in [0.05, 0.1) is 5.25 Å². The molecule has 1 aromatic rings. The fourth-order valence-corrected chi connectivity index (χ4v) is 3.59. The van der Waals surface area contributed by atoms with E-state index in [0.717, 1.165) is 23.8 Å². The first kappa shape index (κ1) is 15.8. The van der Waals surface area contributed by atoms with Crippen molar-refractivity contribution in [1.29, 1.82) is 0 Å². The Bertz CT molecular complexity index is 525. The maximum Gasteiger partial charge on any atom is 0.318 e. The summed E-state index contributed by atoms with van der Waals surface area (Å²) < 4.78 is 2.12. The lowest BCUT2D eigenvalue weighted by Gasteiger charge is -2.25. The zero-order valence-corrected chi connectivity index (χ0v) is 13.2. The zero-order chi connectivity index (χ0) is 15.4. The minimum atomic E-state index is -0.836. The smallest absolute Gasteiger partial charge is 0.318 e. The number of urea groups is 1. The first-order valence-corrected chi connectivity index (χ1v) is 8.05. The van der Waals surface area contributed by atoms with E-state index in [-0.39, 0.29) is 0 Å². The highest BCUT2D eigenvalue weighted by atomic mass is 32.2. The van der Waals surface area contributed by atoms with Gasteiger partial charge in [-0.15, -0.1) is 10.2 Å². The molecule has 0 unspecified atom stereocenters. The molecule has 7 nitrogen and oxygen atoms in total. The molecule has 1 fully saturated rings. The highest BCUT2D eigenvalue weighted by Crippen LogP contribution is 2.33. The number of nitrogens with one attached hydrogen (secondary N) is 1. The number of amides is 3. The minimum absolute atomic E-state index is 0.405. The summed E-state index contributed by atoms with van der Waals surface area (Å²) in [6.45, 7) is 3.65. The standard InChI is InChI=1S/C13H21N5O2S/c1-8(11(19)15-12(14)20)21-13-17-16-9(2)18(13)10-6-4-3-5-7-10/h8,10H,3-7H2,1-2H3,(H3,14,15,19,20)/t8-/m0/s1. The Kier molecular flexibility index (Phi) is 5.22. The van der Waals surface area contributed by atoms with E-state index in [1.807, 2.05) is 6.92 Å². The summed E-state index contributed by atoms with van der Waals surface area (Å²) in [7, 11) is 0. The van der Waals surface area contributed by atoms with E-state index in [0.29, 0.717) is 6.04 Å². The number of thioether (sulfide) groups is 1. The van der Waals surface area contributed by atoms with Crippen molar-refractivity contribution in [2.75, 3.05) is 0 Å². The molecule has 21 heavy (non-hydrogen) atoms. The van der Waals surface area contributed by atoms with Gasteiger partial charge < -0.3 is 10.3 Å². The fourth-order valence-electron chi connectivity index (χ4n) is 2.62. The van der Waals surface area contributed by atoms with Crippen LogP contribution in [0.4, 0.5) is 4.79 Å². The third-order valence-electron chi connectivity index (χ3n) is 3.67. The molecule has 0 bridgehead atoms. The van der Waals surface area contributed by atoms with Crippen LogP contribution in [0.3, 0.4) is 0 Å². The van der Waals surface area contributed by atoms with E-state index >= 15 is 0 Å². The van der Waals surface area contributed by atoms with Crippen molar-refractivity contribution in [2.45, 2.75) is 62.4 Å². The Labute approximate surface area is 128 Å². The van der Waals surface area contributed by atoms with E-state index in [1.165, 1.54) is 31.0 Å². The van der Waals surface area contributed by atoms with Crippen LogP contribution in [-0.4, -0.2) is 32.0 Å². The summed E-state index contributed by atoms with van der Waals surface area (Å²) in [5, 5.41) is 10.7. The third-order valence-corrected chi connectivity index (χ3v) is 4.73. The number of rotatable bonds is 4. The molecule has 1 atom stereocenters. The number of hydrogen-bond acceptors (Lipinski definition) is 5. The summed E-state index contributed by atoms with van der Waals surface area (Å²) in [4.78, 5) is 22.5. The fraction of sp³-hybridized carbons (Fsp3) is 0.692. The van der Waals surface area contributed by atoms with E-state index in [9.17, 15) is 9.59 Å². The number of carbonyl (C=O) groups is 2. The van der Waals surface area contributed by atoms with Gasteiger partial charge in [0.25, 0.3) is 0 Å². The summed E-state index contributed by atoms with van der Waals surface area (Å²) in [6, 6.07) is -0.431. The van der Waals surface area contributed by atoms with E-state index in [1.54, 1.807) is 6.92 Å². The lowest BCUT2D eigenvalue weighted by molar-refractivity contribution is -0.119. The number of nitrogens with zero attached hydrogens (tertiary/aromatic N) is 3. The molecule has 1 aliphatic rings.